The molecule has 2 rings (SSSR count). The Kier molecular flexibility index (Phi) is 5.97. The summed E-state index contributed by atoms with van der Waals surface area (Å²) in [5, 5.41) is 8.92. The Morgan fingerprint density at radius 1 is 1.30 bits per heavy atom. The van der Waals surface area contributed by atoms with Gasteiger partial charge >= 0.3 is 0 Å². The summed E-state index contributed by atoms with van der Waals surface area (Å²) in [7, 11) is 1.72. The van der Waals surface area contributed by atoms with Gasteiger partial charge in [-0.25, -0.2) is 4.98 Å². The summed E-state index contributed by atoms with van der Waals surface area (Å²) >= 11 is 3.30. The number of thioether (sulfide) groups is 1. The Balaban J connectivity index is 1.87. The first kappa shape index (κ1) is 15.0. The Morgan fingerprint density at radius 2 is 2.10 bits per heavy atom. The molecule has 1 heterocycles. The van der Waals surface area contributed by atoms with E-state index in [1.54, 1.807) is 31.0 Å². The van der Waals surface area contributed by atoms with Crippen molar-refractivity contribution in [3.05, 3.63) is 30.5 Å². The highest BCUT2D eigenvalue weighted by Crippen LogP contribution is 2.31. The fourth-order valence-electron chi connectivity index (χ4n) is 1.38. The summed E-state index contributed by atoms with van der Waals surface area (Å²) in [5.74, 6) is 1.02. The van der Waals surface area contributed by atoms with Gasteiger partial charge in [-0.2, -0.15) is 0 Å². The van der Waals surface area contributed by atoms with Crippen LogP contribution in [-0.2, 0) is 4.74 Å². The minimum absolute atomic E-state index is 0.663. The van der Waals surface area contributed by atoms with Gasteiger partial charge in [-0.1, -0.05) is 11.3 Å². The number of benzene rings is 1. The van der Waals surface area contributed by atoms with E-state index in [-0.39, 0.29) is 0 Å². The summed E-state index contributed by atoms with van der Waals surface area (Å²) in [4.78, 5) is 4.23. The lowest BCUT2D eigenvalue weighted by atomic mass is 10.3. The van der Waals surface area contributed by atoms with Crippen LogP contribution in [0.15, 0.2) is 44.9 Å². The second kappa shape index (κ2) is 7.98. The quantitative estimate of drug-likeness (QED) is 0.359. The van der Waals surface area contributed by atoms with E-state index in [9.17, 15) is 0 Å². The van der Waals surface area contributed by atoms with E-state index in [0.29, 0.717) is 10.8 Å². The summed E-state index contributed by atoms with van der Waals surface area (Å²) in [6, 6.07) is 7.25. The van der Waals surface area contributed by atoms with Crippen LogP contribution in [0.3, 0.4) is 0 Å². The van der Waals surface area contributed by atoms with Gasteiger partial charge in [0.25, 0.3) is 0 Å². The van der Waals surface area contributed by atoms with Gasteiger partial charge in [-0.3, -0.25) is 0 Å². The zero-order valence-corrected chi connectivity index (χ0v) is 12.8. The number of hydrogen-bond donors (Lipinski definition) is 1. The largest absolute Gasteiger partial charge is 0.399 e. The number of rotatable bonds is 7. The number of anilines is 1. The molecule has 1 aromatic heterocycles. The average molecular weight is 308 g/mol. The predicted octanol–water partition coefficient (Wildman–Crippen LogP) is 4.27. The highest BCUT2D eigenvalue weighted by molar-refractivity contribution is 8.01. The van der Waals surface area contributed by atoms with Gasteiger partial charge in [0.2, 0.25) is 5.13 Å². The third-order valence-electron chi connectivity index (χ3n) is 2.35. The van der Waals surface area contributed by atoms with Crippen molar-refractivity contribution in [1.29, 1.82) is 0 Å². The van der Waals surface area contributed by atoms with Gasteiger partial charge in [-0.05, 0) is 30.7 Å². The standard InChI is InChI=1S/C13H16N4OS2/c1-18-7-2-8-19-12-9-15-13(20-12)17-16-11-5-3-10(14)4-6-11/h3-6,9H,2,7-8,14H2,1H3/b17-16+. The maximum absolute atomic E-state index is 5.61. The molecule has 0 bridgehead atoms. The summed E-state index contributed by atoms with van der Waals surface area (Å²) in [6.07, 6.45) is 2.86. The van der Waals surface area contributed by atoms with E-state index in [1.807, 2.05) is 18.3 Å². The van der Waals surface area contributed by atoms with Crippen LogP contribution in [0.1, 0.15) is 6.42 Å². The SMILES string of the molecule is COCCCSc1cnc(/N=N/c2ccc(N)cc2)s1. The first-order chi connectivity index (χ1) is 9.78. The van der Waals surface area contributed by atoms with Crippen LogP contribution in [0.25, 0.3) is 0 Å². The number of thiazole rings is 1. The highest BCUT2D eigenvalue weighted by atomic mass is 32.2. The van der Waals surface area contributed by atoms with Crippen molar-refractivity contribution in [2.45, 2.75) is 10.6 Å². The number of nitrogen functional groups attached to an aromatic ring is 1. The average Bonchev–Trinajstić information content (AvgIpc) is 2.91. The third kappa shape index (κ3) is 4.92. The van der Waals surface area contributed by atoms with Crippen molar-refractivity contribution in [3.8, 4) is 0 Å². The molecule has 0 aliphatic carbocycles. The van der Waals surface area contributed by atoms with Crippen molar-refractivity contribution < 1.29 is 4.74 Å². The molecule has 5 nitrogen and oxygen atoms in total. The number of ether oxygens (including phenoxy) is 1. The van der Waals surface area contributed by atoms with Crippen molar-refractivity contribution in [1.82, 2.24) is 4.98 Å². The summed E-state index contributed by atoms with van der Waals surface area (Å²) < 4.78 is 6.16. The van der Waals surface area contributed by atoms with Crippen molar-refractivity contribution >= 4 is 39.6 Å². The van der Waals surface area contributed by atoms with E-state index >= 15 is 0 Å². The van der Waals surface area contributed by atoms with Crippen LogP contribution in [0, 0.1) is 0 Å². The van der Waals surface area contributed by atoms with Crippen molar-refractivity contribution in [2.75, 3.05) is 25.2 Å². The maximum atomic E-state index is 5.61. The molecule has 2 N–H and O–H groups in total. The second-order valence-corrected chi connectivity index (χ2v) is 6.35. The minimum Gasteiger partial charge on any atom is -0.399 e. The molecule has 0 aliphatic rings. The molecule has 0 unspecified atom stereocenters. The topological polar surface area (TPSA) is 72.9 Å². The molecule has 0 atom stereocenters. The van der Waals surface area contributed by atoms with Crippen LogP contribution >= 0.6 is 23.1 Å². The van der Waals surface area contributed by atoms with Crippen molar-refractivity contribution in [3.63, 3.8) is 0 Å². The number of methoxy groups -OCH3 is 1. The number of hydrogen-bond acceptors (Lipinski definition) is 7. The zero-order chi connectivity index (χ0) is 14.2. The van der Waals surface area contributed by atoms with E-state index in [0.717, 1.165) is 28.7 Å². The van der Waals surface area contributed by atoms with Crippen LogP contribution in [0.4, 0.5) is 16.5 Å². The van der Waals surface area contributed by atoms with E-state index in [4.69, 9.17) is 10.5 Å². The first-order valence-electron chi connectivity index (χ1n) is 6.13. The molecule has 0 aliphatic heterocycles. The number of azo groups is 1. The minimum atomic E-state index is 0.663. The van der Waals surface area contributed by atoms with Gasteiger partial charge in [0.15, 0.2) is 0 Å². The lowest BCUT2D eigenvalue weighted by Gasteiger charge is -1.96. The van der Waals surface area contributed by atoms with Crippen LogP contribution in [0.2, 0.25) is 0 Å². The van der Waals surface area contributed by atoms with E-state index in [1.165, 1.54) is 11.3 Å². The monoisotopic (exact) mass is 308 g/mol. The molecular weight excluding hydrogens is 292 g/mol. The maximum Gasteiger partial charge on any atom is 0.230 e. The van der Waals surface area contributed by atoms with E-state index in [2.05, 4.69) is 15.2 Å². The molecule has 0 amide bonds. The molecule has 0 saturated carbocycles. The fourth-order valence-corrected chi connectivity index (χ4v) is 3.15. The lowest BCUT2D eigenvalue weighted by Crippen LogP contribution is -1.89. The normalized spacial score (nSPS) is 11.2. The van der Waals surface area contributed by atoms with Gasteiger partial charge < -0.3 is 10.5 Å². The second-order valence-electron chi connectivity index (χ2n) is 3.95. The number of nitrogens with two attached hydrogens (primary N) is 1. The molecule has 20 heavy (non-hydrogen) atoms. The lowest BCUT2D eigenvalue weighted by molar-refractivity contribution is 0.200. The third-order valence-corrected chi connectivity index (χ3v) is 4.52. The Hall–Kier alpha value is -1.44. The summed E-state index contributed by atoms with van der Waals surface area (Å²) in [6.45, 7) is 0.787. The molecule has 2 aromatic rings. The van der Waals surface area contributed by atoms with Crippen LogP contribution < -0.4 is 5.73 Å². The highest BCUT2D eigenvalue weighted by Gasteiger charge is 2.01. The Morgan fingerprint density at radius 3 is 2.85 bits per heavy atom. The molecule has 1 aromatic carbocycles. The van der Waals surface area contributed by atoms with Gasteiger partial charge in [0.05, 0.1) is 16.1 Å². The van der Waals surface area contributed by atoms with Crippen molar-refractivity contribution in [2.24, 2.45) is 10.2 Å². The fraction of sp³-hybridized carbons (Fsp3) is 0.308. The molecule has 106 valence electrons. The first-order valence-corrected chi connectivity index (χ1v) is 7.93. The number of aromatic nitrogens is 1. The van der Waals surface area contributed by atoms with Crippen LogP contribution in [-0.4, -0.2) is 24.5 Å². The number of nitrogens with zero attached hydrogens (tertiary/aromatic N) is 3. The summed E-state index contributed by atoms with van der Waals surface area (Å²) in [5.41, 5.74) is 7.09. The Bertz CT molecular complexity index is 554. The van der Waals surface area contributed by atoms with Gasteiger partial charge in [0.1, 0.15) is 0 Å². The van der Waals surface area contributed by atoms with E-state index < -0.39 is 0 Å². The zero-order valence-electron chi connectivity index (χ0n) is 11.2. The van der Waals surface area contributed by atoms with Gasteiger partial charge in [-0.15, -0.1) is 22.0 Å². The molecule has 0 saturated heterocycles. The Labute approximate surface area is 126 Å². The predicted molar refractivity (Wildman–Crippen MR) is 84.4 cm³/mol. The van der Waals surface area contributed by atoms with Crippen LogP contribution in [0.5, 0.6) is 0 Å². The van der Waals surface area contributed by atoms with Gasteiger partial charge in [0, 0.05) is 25.2 Å². The molecule has 0 fully saturated rings. The molecule has 0 spiro atoms. The molecule has 7 heteroatoms. The smallest absolute Gasteiger partial charge is 0.230 e. The molecule has 0 radical (unpaired) electrons. The molecular formula is C13H16N4OS2.